The summed E-state index contributed by atoms with van der Waals surface area (Å²) in [7, 11) is 3.96. The molecule has 158 valence electrons. The van der Waals surface area contributed by atoms with Gasteiger partial charge in [-0.1, -0.05) is 50.2 Å². The van der Waals surface area contributed by atoms with E-state index in [0.717, 1.165) is 58.6 Å². The van der Waals surface area contributed by atoms with Crippen LogP contribution in [0.1, 0.15) is 47.4 Å². The summed E-state index contributed by atoms with van der Waals surface area (Å²) in [6, 6.07) is 15.8. The highest BCUT2D eigenvalue weighted by Crippen LogP contribution is 2.28. The van der Waals surface area contributed by atoms with Crippen LogP contribution >= 0.6 is 0 Å². The highest BCUT2D eigenvalue weighted by molar-refractivity contribution is 6.16. The van der Waals surface area contributed by atoms with Crippen molar-refractivity contribution in [2.75, 3.05) is 40.3 Å². The predicted molar refractivity (Wildman–Crippen MR) is 126 cm³/mol. The first-order valence-electron chi connectivity index (χ1n) is 10.8. The van der Waals surface area contributed by atoms with Crippen molar-refractivity contribution in [2.24, 2.45) is 0 Å². The molecule has 0 unspecified atom stereocenters. The smallest absolute Gasteiger partial charge is 0.177 e. The third-order valence-corrected chi connectivity index (χ3v) is 5.52. The summed E-state index contributed by atoms with van der Waals surface area (Å²) in [6.45, 7) is 6.85. The molecule has 4 heteroatoms. The molecule has 3 aromatic carbocycles. The maximum atomic E-state index is 12.9. The van der Waals surface area contributed by atoms with Gasteiger partial charge in [0, 0.05) is 11.1 Å². The third kappa shape index (κ3) is 4.94. The molecule has 0 saturated heterocycles. The molecule has 3 rings (SSSR count). The fraction of sp³-hybridized carbons (Fsp3) is 0.385. The maximum absolute atomic E-state index is 12.9. The van der Waals surface area contributed by atoms with Crippen molar-refractivity contribution in [3.8, 4) is 0 Å². The largest absolute Gasteiger partial charge is 0.299 e. The molecule has 0 fully saturated rings. The lowest BCUT2D eigenvalue weighted by atomic mass is 9.94. The van der Waals surface area contributed by atoms with Crippen LogP contribution in [0.4, 0.5) is 0 Å². The van der Waals surface area contributed by atoms with Crippen molar-refractivity contribution in [1.29, 1.82) is 0 Å². The van der Waals surface area contributed by atoms with Crippen LogP contribution in [0.25, 0.3) is 21.5 Å². The number of hydrogen-bond donors (Lipinski definition) is 0. The Labute approximate surface area is 179 Å². The van der Waals surface area contributed by atoms with Crippen LogP contribution in [0.5, 0.6) is 0 Å². The van der Waals surface area contributed by atoms with Gasteiger partial charge in [0.05, 0.1) is 13.1 Å². The zero-order valence-electron chi connectivity index (χ0n) is 18.6. The van der Waals surface area contributed by atoms with Crippen LogP contribution in [0.3, 0.4) is 0 Å². The van der Waals surface area contributed by atoms with E-state index in [-0.39, 0.29) is 11.6 Å². The van der Waals surface area contributed by atoms with Gasteiger partial charge < -0.3 is 0 Å². The summed E-state index contributed by atoms with van der Waals surface area (Å²) < 4.78 is 0. The number of likely N-dealkylation sites (N-methyl/N-ethyl adjacent to an activating group) is 2. The maximum Gasteiger partial charge on any atom is 0.177 e. The molecule has 0 saturated carbocycles. The predicted octanol–water partition coefficient (Wildman–Crippen LogP) is 5.04. The van der Waals surface area contributed by atoms with E-state index in [1.165, 1.54) is 0 Å². The van der Waals surface area contributed by atoms with Gasteiger partial charge in [0.2, 0.25) is 0 Å². The standard InChI is InChI=1S/C26H32N2O2/c1-5-13-27(3)17-25(29)21-11-7-9-19-16-24-20(15-23(19)21)10-8-12-22(24)26(30)18-28(4)14-6-2/h7-12,15-16H,5-6,13-14,17-18H2,1-4H3. The molecular weight excluding hydrogens is 372 g/mol. The Hall–Kier alpha value is -2.56. The Morgan fingerprint density at radius 3 is 1.47 bits per heavy atom. The van der Waals surface area contributed by atoms with Gasteiger partial charge in [-0.15, -0.1) is 0 Å². The monoisotopic (exact) mass is 404 g/mol. The molecule has 0 aliphatic rings. The Bertz CT molecular complexity index is 972. The summed E-state index contributed by atoms with van der Waals surface area (Å²) in [5.74, 6) is 0.258. The highest BCUT2D eigenvalue weighted by Gasteiger charge is 2.16. The zero-order valence-corrected chi connectivity index (χ0v) is 18.6. The quantitative estimate of drug-likeness (QED) is 0.351. The number of nitrogens with zero attached hydrogens (tertiary/aromatic N) is 2. The van der Waals surface area contributed by atoms with Crippen LogP contribution < -0.4 is 0 Å². The van der Waals surface area contributed by atoms with Gasteiger partial charge in [-0.25, -0.2) is 0 Å². The minimum Gasteiger partial charge on any atom is -0.299 e. The number of ketones is 2. The Morgan fingerprint density at radius 1 is 0.700 bits per heavy atom. The van der Waals surface area contributed by atoms with E-state index in [2.05, 4.69) is 35.8 Å². The average molecular weight is 405 g/mol. The minimum atomic E-state index is 0.129. The van der Waals surface area contributed by atoms with Crippen molar-refractivity contribution >= 4 is 33.1 Å². The van der Waals surface area contributed by atoms with Crippen LogP contribution in [0.2, 0.25) is 0 Å². The fourth-order valence-corrected chi connectivity index (χ4v) is 4.12. The average Bonchev–Trinajstić information content (AvgIpc) is 2.71. The molecule has 3 aromatic rings. The number of fused-ring (bicyclic) bond motifs is 2. The minimum absolute atomic E-state index is 0.129. The molecule has 0 amide bonds. The molecule has 0 heterocycles. The summed E-state index contributed by atoms with van der Waals surface area (Å²) in [5, 5.41) is 3.89. The molecule has 0 spiro atoms. The molecule has 30 heavy (non-hydrogen) atoms. The molecule has 4 nitrogen and oxygen atoms in total. The van der Waals surface area contributed by atoms with Gasteiger partial charge in [0.25, 0.3) is 0 Å². The van der Waals surface area contributed by atoms with Gasteiger partial charge in [0.1, 0.15) is 0 Å². The van der Waals surface area contributed by atoms with Crippen molar-refractivity contribution < 1.29 is 9.59 Å². The number of benzene rings is 3. The first-order chi connectivity index (χ1) is 14.4. The van der Waals surface area contributed by atoms with E-state index in [1.54, 1.807) is 0 Å². The van der Waals surface area contributed by atoms with Crippen LogP contribution in [-0.4, -0.2) is 61.6 Å². The first-order valence-corrected chi connectivity index (χ1v) is 10.8. The second-order valence-electron chi connectivity index (χ2n) is 8.23. The van der Waals surface area contributed by atoms with Crippen LogP contribution in [-0.2, 0) is 0 Å². The Morgan fingerprint density at radius 2 is 1.10 bits per heavy atom. The van der Waals surface area contributed by atoms with E-state index < -0.39 is 0 Å². The van der Waals surface area contributed by atoms with Gasteiger partial charge in [-0.3, -0.25) is 19.4 Å². The van der Waals surface area contributed by atoms with Gasteiger partial charge >= 0.3 is 0 Å². The molecule has 0 radical (unpaired) electrons. The SMILES string of the molecule is CCCN(C)CC(=O)c1cccc2cc3c(C(=O)CN(C)CCC)cccc3cc12. The lowest BCUT2D eigenvalue weighted by Gasteiger charge is -2.16. The number of hydrogen-bond acceptors (Lipinski definition) is 4. The van der Waals surface area contributed by atoms with Gasteiger partial charge in [-0.2, -0.15) is 0 Å². The molecule has 0 aromatic heterocycles. The lowest BCUT2D eigenvalue weighted by molar-refractivity contribution is 0.0940. The zero-order chi connectivity index (χ0) is 21.7. The van der Waals surface area contributed by atoms with E-state index in [0.29, 0.717) is 13.1 Å². The Kier molecular flexibility index (Phi) is 7.35. The molecule has 0 N–H and O–H groups in total. The van der Waals surface area contributed by atoms with Crippen molar-refractivity contribution in [2.45, 2.75) is 26.7 Å². The number of rotatable bonds is 10. The normalized spacial score (nSPS) is 11.7. The summed E-state index contributed by atoms with van der Waals surface area (Å²) in [5.41, 5.74) is 1.49. The molecule has 0 bridgehead atoms. The first kappa shape index (κ1) is 22.1. The number of Topliss-reactive ketones (excluding diaryl/α,β-unsaturated/α-hetero) is 2. The van der Waals surface area contributed by atoms with E-state index >= 15 is 0 Å². The summed E-state index contributed by atoms with van der Waals surface area (Å²) in [6.07, 6.45) is 2.04. The third-order valence-electron chi connectivity index (χ3n) is 5.52. The molecule has 0 aliphatic heterocycles. The van der Waals surface area contributed by atoms with Crippen LogP contribution in [0, 0.1) is 0 Å². The van der Waals surface area contributed by atoms with Crippen molar-refractivity contribution in [1.82, 2.24) is 9.80 Å². The Balaban J connectivity index is 2.01. The highest BCUT2D eigenvalue weighted by atomic mass is 16.1. The molecule has 0 aliphatic carbocycles. The topological polar surface area (TPSA) is 40.6 Å². The second-order valence-corrected chi connectivity index (χ2v) is 8.23. The van der Waals surface area contributed by atoms with Crippen molar-refractivity contribution in [3.05, 3.63) is 59.7 Å². The fourth-order valence-electron chi connectivity index (χ4n) is 4.12. The van der Waals surface area contributed by atoms with Crippen molar-refractivity contribution in [3.63, 3.8) is 0 Å². The number of carbonyl (C=O) groups is 2. The molecule has 0 atom stereocenters. The lowest BCUT2D eigenvalue weighted by Crippen LogP contribution is -2.27. The summed E-state index contributed by atoms with van der Waals surface area (Å²) in [4.78, 5) is 30.0. The second kappa shape index (κ2) is 9.96. The number of carbonyl (C=O) groups excluding carboxylic acids is 2. The van der Waals surface area contributed by atoms with E-state index in [9.17, 15) is 9.59 Å². The van der Waals surface area contributed by atoms with E-state index in [4.69, 9.17) is 0 Å². The summed E-state index contributed by atoms with van der Waals surface area (Å²) >= 11 is 0. The van der Waals surface area contributed by atoms with E-state index in [1.807, 2.05) is 50.5 Å². The van der Waals surface area contributed by atoms with Gasteiger partial charge in [0.15, 0.2) is 11.6 Å². The molecular formula is C26H32N2O2. The van der Waals surface area contributed by atoms with Gasteiger partial charge in [-0.05, 0) is 73.7 Å². The van der Waals surface area contributed by atoms with Crippen LogP contribution in [0.15, 0.2) is 48.5 Å².